The van der Waals surface area contributed by atoms with E-state index in [0.717, 1.165) is 41.9 Å². The number of carbonyl (C=O) groups excluding carboxylic acids is 1. The molecule has 0 aliphatic heterocycles. The van der Waals surface area contributed by atoms with E-state index in [1.807, 2.05) is 79.1 Å². The summed E-state index contributed by atoms with van der Waals surface area (Å²) in [5.41, 5.74) is 3.96. The number of hydrogen-bond donors (Lipinski definition) is 3. The van der Waals surface area contributed by atoms with E-state index in [9.17, 15) is 14.4 Å². The van der Waals surface area contributed by atoms with Gasteiger partial charge in [0.05, 0.1) is 23.9 Å². The van der Waals surface area contributed by atoms with Crippen molar-refractivity contribution in [2.75, 3.05) is 13.1 Å². The van der Waals surface area contributed by atoms with Crippen LogP contribution in [0.3, 0.4) is 0 Å². The highest BCUT2D eigenvalue weighted by molar-refractivity contribution is 5.97. The zero-order chi connectivity index (χ0) is 27.2. The number of imidazole rings is 1. The van der Waals surface area contributed by atoms with Gasteiger partial charge < -0.3 is 24.8 Å². The predicted molar refractivity (Wildman–Crippen MR) is 143 cm³/mol. The van der Waals surface area contributed by atoms with Gasteiger partial charge in [0.1, 0.15) is 12.4 Å². The highest BCUT2D eigenvalue weighted by Gasteiger charge is 2.06. The number of aryl methyl sites for hydroxylation is 1. The summed E-state index contributed by atoms with van der Waals surface area (Å²) in [5.74, 6) is -1.67. The first-order chi connectivity index (χ1) is 18.4. The van der Waals surface area contributed by atoms with Crippen molar-refractivity contribution < 1.29 is 29.3 Å². The molecule has 9 nitrogen and oxygen atoms in total. The van der Waals surface area contributed by atoms with E-state index in [0.29, 0.717) is 30.9 Å². The molecule has 3 N–H and O–H groups in total. The lowest BCUT2D eigenvalue weighted by Crippen LogP contribution is -2.24. The molecule has 0 spiro atoms. The SMILES string of the molecule is O=C(CNCCCn1cnc2ccccc21)c1ccc(OCc2ccccc2)cc1.O=C(O)C=CC(=O)O. The van der Waals surface area contributed by atoms with E-state index in [1.165, 1.54) is 0 Å². The minimum atomic E-state index is -1.26. The maximum Gasteiger partial charge on any atom is 0.328 e. The van der Waals surface area contributed by atoms with Gasteiger partial charge in [-0.2, -0.15) is 0 Å². The molecule has 1 aromatic heterocycles. The third kappa shape index (κ3) is 9.36. The number of carboxylic acid groups (broad SMARTS) is 2. The second-order valence-electron chi connectivity index (χ2n) is 8.19. The van der Waals surface area contributed by atoms with Crippen LogP contribution >= 0.6 is 0 Å². The molecule has 0 fully saturated rings. The Labute approximate surface area is 220 Å². The fourth-order valence-corrected chi connectivity index (χ4v) is 3.49. The van der Waals surface area contributed by atoms with Crippen molar-refractivity contribution in [3.8, 4) is 5.75 Å². The van der Waals surface area contributed by atoms with Crippen LogP contribution in [-0.4, -0.2) is 50.6 Å². The Morgan fingerprint density at radius 3 is 2.21 bits per heavy atom. The molecule has 0 aliphatic rings. The number of ketones is 1. The Kier molecular flexibility index (Phi) is 10.8. The number of nitrogens with zero attached hydrogens (tertiary/aromatic N) is 2. The van der Waals surface area contributed by atoms with Crippen LogP contribution in [-0.2, 0) is 22.7 Å². The maximum atomic E-state index is 12.4. The van der Waals surface area contributed by atoms with Crippen molar-refractivity contribution in [2.24, 2.45) is 0 Å². The normalized spacial score (nSPS) is 10.6. The van der Waals surface area contributed by atoms with Crippen molar-refractivity contribution in [1.29, 1.82) is 0 Å². The summed E-state index contributed by atoms with van der Waals surface area (Å²) in [6, 6.07) is 25.5. The van der Waals surface area contributed by atoms with Crippen molar-refractivity contribution in [3.05, 3.63) is 108 Å². The number of rotatable bonds is 12. The topological polar surface area (TPSA) is 131 Å². The van der Waals surface area contributed by atoms with E-state index in [1.54, 1.807) is 0 Å². The van der Waals surface area contributed by atoms with Crippen molar-refractivity contribution in [1.82, 2.24) is 14.9 Å². The second kappa shape index (κ2) is 14.7. The molecule has 9 heteroatoms. The number of nitrogens with one attached hydrogen (secondary N) is 1. The van der Waals surface area contributed by atoms with Crippen molar-refractivity contribution in [3.63, 3.8) is 0 Å². The van der Waals surface area contributed by atoms with Gasteiger partial charge in [-0.3, -0.25) is 4.79 Å². The van der Waals surface area contributed by atoms with E-state index in [2.05, 4.69) is 20.9 Å². The zero-order valence-electron chi connectivity index (χ0n) is 20.7. The van der Waals surface area contributed by atoms with Gasteiger partial charge in [0.2, 0.25) is 0 Å². The van der Waals surface area contributed by atoms with Crippen LogP contribution in [0.4, 0.5) is 0 Å². The minimum absolute atomic E-state index is 0.0812. The molecule has 0 atom stereocenters. The molecular formula is C29H29N3O6. The third-order valence-corrected chi connectivity index (χ3v) is 5.36. The van der Waals surface area contributed by atoms with E-state index in [-0.39, 0.29) is 5.78 Å². The molecule has 196 valence electrons. The maximum absolute atomic E-state index is 12.4. The Morgan fingerprint density at radius 2 is 1.53 bits per heavy atom. The van der Waals surface area contributed by atoms with Crippen molar-refractivity contribution >= 4 is 28.8 Å². The summed E-state index contributed by atoms with van der Waals surface area (Å²) >= 11 is 0. The number of fused-ring (bicyclic) bond motifs is 1. The quantitative estimate of drug-likeness (QED) is 0.145. The number of carbonyl (C=O) groups is 3. The molecule has 0 saturated carbocycles. The van der Waals surface area contributed by atoms with Crippen molar-refractivity contribution in [2.45, 2.75) is 19.6 Å². The molecule has 4 aromatic rings. The molecule has 1 heterocycles. The number of hydrogen-bond acceptors (Lipinski definition) is 6. The minimum Gasteiger partial charge on any atom is -0.489 e. The predicted octanol–water partition coefficient (Wildman–Crippen LogP) is 4.19. The average Bonchev–Trinajstić information content (AvgIpc) is 3.35. The van der Waals surface area contributed by atoms with Gasteiger partial charge in [-0.15, -0.1) is 0 Å². The van der Waals surface area contributed by atoms with Crippen LogP contribution < -0.4 is 10.1 Å². The lowest BCUT2D eigenvalue weighted by Gasteiger charge is -2.08. The average molecular weight is 516 g/mol. The molecule has 0 unspecified atom stereocenters. The number of aliphatic carboxylic acids is 2. The summed E-state index contributed by atoms with van der Waals surface area (Å²) in [6.07, 6.45) is 3.92. The fraction of sp³-hybridized carbons (Fsp3) is 0.172. The first-order valence-electron chi connectivity index (χ1n) is 12.0. The summed E-state index contributed by atoms with van der Waals surface area (Å²) in [7, 11) is 0. The molecule has 4 rings (SSSR count). The molecule has 3 aromatic carbocycles. The van der Waals surface area contributed by atoms with Gasteiger partial charge in [0.25, 0.3) is 0 Å². The highest BCUT2D eigenvalue weighted by atomic mass is 16.5. The Hall–Kier alpha value is -4.76. The molecule has 0 aliphatic carbocycles. The van der Waals surface area contributed by atoms with Crippen LogP contribution in [0.1, 0.15) is 22.3 Å². The number of aromatic nitrogens is 2. The molecule has 0 radical (unpaired) electrons. The van der Waals surface area contributed by atoms with E-state index in [4.69, 9.17) is 14.9 Å². The molecule has 0 saturated heterocycles. The van der Waals surface area contributed by atoms with Crippen LogP contribution in [0.15, 0.2) is 97.3 Å². The van der Waals surface area contributed by atoms with E-state index >= 15 is 0 Å². The highest BCUT2D eigenvalue weighted by Crippen LogP contribution is 2.15. The van der Waals surface area contributed by atoms with Gasteiger partial charge in [-0.25, -0.2) is 14.6 Å². The molecule has 0 amide bonds. The lowest BCUT2D eigenvalue weighted by atomic mass is 10.1. The standard InChI is InChI=1S/C25H25N3O2.C4H4O4/c29-25(17-26-15-6-16-28-19-27-23-9-4-5-10-24(23)28)21-11-13-22(14-12-21)30-18-20-7-2-1-3-8-20;5-3(6)1-2-4(7)8/h1-5,7-14,19,26H,6,15-18H2;1-2H,(H,5,6)(H,7,8). The van der Waals surface area contributed by atoms with Crippen LogP contribution in [0, 0.1) is 0 Å². The number of para-hydroxylation sites is 2. The number of carboxylic acids is 2. The number of benzene rings is 3. The Balaban J connectivity index is 0.000000436. The monoisotopic (exact) mass is 515 g/mol. The Morgan fingerprint density at radius 1 is 0.868 bits per heavy atom. The summed E-state index contributed by atoms with van der Waals surface area (Å²) in [6.45, 7) is 2.49. The second-order valence-corrected chi connectivity index (χ2v) is 8.19. The lowest BCUT2D eigenvalue weighted by molar-refractivity contribution is -0.134. The third-order valence-electron chi connectivity index (χ3n) is 5.36. The first-order valence-corrected chi connectivity index (χ1v) is 12.0. The van der Waals surface area contributed by atoms with Crippen LogP contribution in [0.2, 0.25) is 0 Å². The first kappa shape index (κ1) is 27.8. The molecule has 38 heavy (non-hydrogen) atoms. The molecular weight excluding hydrogens is 486 g/mol. The summed E-state index contributed by atoms with van der Waals surface area (Å²) in [5, 5.41) is 18.9. The van der Waals surface area contributed by atoms with E-state index < -0.39 is 11.9 Å². The van der Waals surface area contributed by atoms with Crippen LogP contribution in [0.5, 0.6) is 5.75 Å². The van der Waals surface area contributed by atoms with Crippen LogP contribution in [0.25, 0.3) is 11.0 Å². The van der Waals surface area contributed by atoms with Gasteiger partial charge >= 0.3 is 11.9 Å². The summed E-state index contributed by atoms with van der Waals surface area (Å²) in [4.78, 5) is 35.9. The smallest absolute Gasteiger partial charge is 0.328 e. The van der Waals surface area contributed by atoms with Gasteiger partial charge in [0.15, 0.2) is 5.78 Å². The molecule has 0 bridgehead atoms. The van der Waals surface area contributed by atoms with Gasteiger partial charge in [-0.1, -0.05) is 42.5 Å². The zero-order valence-corrected chi connectivity index (χ0v) is 20.7. The number of ether oxygens (including phenoxy) is 1. The summed E-state index contributed by atoms with van der Waals surface area (Å²) < 4.78 is 7.92. The number of Topliss-reactive ketones (excluding diaryl/α,β-unsaturated/α-hetero) is 1. The largest absolute Gasteiger partial charge is 0.489 e. The van der Waals surface area contributed by atoms with Gasteiger partial charge in [-0.05, 0) is 54.9 Å². The Bertz CT molecular complexity index is 1350. The van der Waals surface area contributed by atoms with Gasteiger partial charge in [0, 0.05) is 24.3 Å². The fourth-order valence-electron chi connectivity index (χ4n) is 3.49.